The van der Waals surface area contributed by atoms with E-state index in [9.17, 15) is 13.2 Å². The molecular weight excluding hydrogens is 285 g/mol. The number of hydrogen-bond acceptors (Lipinski definition) is 4. The lowest BCUT2D eigenvalue weighted by Crippen LogP contribution is -2.20. The number of aromatic amines is 1. The molecular formula is C13H9F3N4O. The summed E-state index contributed by atoms with van der Waals surface area (Å²) in [6.07, 6.45) is -1.43. The second kappa shape index (κ2) is 4.97. The lowest BCUT2D eigenvalue weighted by Gasteiger charge is -2.10. The number of rotatable bonds is 3. The molecule has 0 aliphatic rings. The Kier molecular flexibility index (Phi) is 3.13. The second-order valence-electron chi connectivity index (χ2n) is 4.17. The Balaban J connectivity index is 1.81. The zero-order valence-electron chi connectivity index (χ0n) is 10.5. The molecule has 2 N–H and O–H groups in total. The van der Waals surface area contributed by atoms with Crippen molar-refractivity contribution in [2.75, 3.05) is 5.32 Å². The molecule has 1 aromatic carbocycles. The molecule has 0 radical (unpaired) electrons. The Hall–Kier alpha value is -2.77. The molecule has 5 nitrogen and oxygen atoms in total. The van der Waals surface area contributed by atoms with Crippen LogP contribution >= 0.6 is 0 Å². The summed E-state index contributed by atoms with van der Waals surface area (Å²) in [6, 6.07) is 7.16. The normalized spacial score (nSPS) is 11.6. The highest BCUT2D eigenvalue weighted by Gasteiger charge is 2.26. The number of halogens is 3. The van der Waals surface area contributed by atoms with Gasteiger partial charge in [0.15, 0.2) is 0 Å². The largest absolute Gasteiger partial charge is 0.482 e. The van der Waals surface area contributed by atoms with Gasteiger partial charge in [-0.2, -0.15) is 13.2 Å². The van der Waals surface area contributed by atoms with Crippen molar-refractivity contribution in [3.63, 3.8) is 0 Å². The van der Waals surface area contributed by atoms with E-state index < -0.39 is 6.30 Å². The number of alkyl halides is 3. The van der Waals surface area contributed by atoms with Crippen LogP contribution in [0.15, 0.2) is 42.9 Å². The van der Waals surface area contributed by atoms with E-state index in [1.54, 1.807) is 12.3 Å². The molecule has 0 bridgehead atoms. The first-order valence-electron chi connectivity index (χ1n) is 5.92. The molecule has 0 spiro atoms. The first-order valence-corrected chi connectivity index (χ1v) is 5.92. The molecule has 0 unspecified atom stereocenters. The van der Waals surface area contributed by atoms with Gasteiger partial charge in [-0.25, -0.2) is 9.97 Å². The van der Waals surface area contributed by atoms with Gasteiger partial charge in [-0.3, -0.25) is 5.32 Å². The summed E-state index contributed by atoms with van der Waals surface area (Å²) >= 11 is 0. The molecule has 0 saturated carbocycles. The molecule has 108 valence electrons. The van der Waals surface area contributed by atoms with Crippen molar-refractivity contribution >= 4 is 16.7 Å². The van der Waals surface area contributed by atoms with Crippen molar-refractivity contribution in [3.8, 4) is 11.6 Å². The van der Waals surface area contributed by atoms with Crippen LogP contribution in [-0.2, 0) is 0 Å². The highest BCUT2D eigenvalue weighted by atomic mass is 19.4. The molecule has 0 aliphatic heterocycles. The zero-order chi connectivity index (χ0) is 14.9. The van der Waals surface area contributed by atoms with Crippen molar-refractivity contribution in [1.29, 1.82) is 0 Å². The number of nitrogens with one attached hydrogen (secondary N) is 2. The van der Waals surface area contributed by atoms with Gasteiger partial charge in [-0.05, 0) is 30.3 Å². The quantitative estimate of drug-likeness (QED) is 0.723. The maximum Gasteiger partial charge on any atom is 0.482 e. The number of H-pyrrole nitrogens is 1. The number of hydrogen-bond donors (Lipinski definition) is 2. The van der Waals surface area contributed by atoms with Crippen molar-refractivity contribution in [2.45, 2.75) is 6.30 Å². The van der Waals surface area contributed by atoms with E-state index in [2.05, 4.69) is 15.0 Å². The fourth-order valence-electron chi connectivity index (χ4n) is 1.81. The van der Waals surface area contributed by atoms with Gasteiger partial charge in [-0.1, -0.05) is 0 Å². The first-order chi connectivity index (χ1) is 10.0. The number of nitrogens with zero attached hydrogens (tertiary/aromatic N) is 2. The summed E-state index contributed by atoms with van der Waals surface area (Å²) in [5.74, 6) is 0.710. The smallest absolute Gasteiger partial charge is 0.438 e. The van der Waals surface area contributed by atoms with Gasteiger partial charge in [0.25, 0.3) is 0 Å². The maximum atomic E-state index is 12.2. The minimum absolute atomic E-state index is 0.0654. The van der Waals surface area contributed by atoms with Crippen molar-refractivity contribution in [2.24, 2.45) is 0 Å². The molecule has 3 rings (SSSR count). The van der Waals surface area contributed by atoms with Crippen LogP contribution in [0.4, 0.5) is 18.9 Å². The lowest BCUT2D eigenvalue weighted by atomic mass is 10.3. The second-order valence-corrected chi connectivity index (χ2v) is 4.17. The highest BCUT2D eigenvalue weighted by molar-refractivity contribution is 5.80. The van der Waals surface area contributed by atoms with E-state index in [1.165, 1.54) is 35.9 Å². The van der Waals surface area contributed by atoms with E-state index in [0.717, 1.165) is 0 Å². The summed E-state index contributed by atoms with van der Waals surface area (Å²) in [4.78, 5) is 10.9. The number of benzene rings is 1. The Labute approximate surface area is 116 Å². The van der Waals surface area contributed by atoms with Crippen LogP contribution < -0.4 is 10.1 Å². The van der Waals surface area contributed by atoms with Crippen LogP contribution in [0.1, 0.15) is 0 Å². The van der Waals surface area contributed by atoms with E-state index in [-0.39, 0.29) is 5.69 Å². The Morgan fingerprint density at radius 2 is 1.81 bits per heavy atom. The van der Waals surface area contributed by atoms with Crippen molar-refractivity contribution in [1.82, 2.24) is 15.0 Å². The van der Waals surface area contributed by atoms with Gasteiger partial charge in [-0.15, -0.1) is 0 Å². The van der Waals surface area contributed by atoms with Gasteiger partial charge in [0.05, 0.1) is 5.39 Å². The first kappa shape index (κ1) is 13.2. The van der Waals surface area contributed by atoms with Crippen molar-refractivity contribution in [3.05, 3.63) is 42.9 Å². The minimum Gasteiger partial charge on any atom is -0.438 e. The third-order valence-electron chi connectivity index (χ3n) is 2.67. The Bertz CT molecular complexity index is 752. The van der Waals surface area contributed by atoms with Crippen LogP contribution in [-0.4, -0.2) is 21.3 Å². The fraction of sp³-hybridized carbons (Fsp3) is 0.0769. The van der Waals surface area contributed by atoms with Crippen LogP contribution in [0, 0.1) is 0 Å². The molecule has 0 aliphatic carbocycles. The average molecular weight is 294 g/mol. The van der Waals surface area contributed by atoms with Gasteiger partial charge in [0, 0.05) is 11.9 Å². The molecule has 2 heterocycles. The number of anilines is 1. The number of ether oxygens (including phenoxy) is 1. The van der Waals surface area contributed by atoms with Gasteiger partial charge < -0.3 is 9.72 Å². The Morgan fingerprint density at radius 3 is 2.52 bits per heavy atom. The van der Waals surface area contributed by atoms with Gasteiger partial charge in [0.2, 0.25) is 5.88 Å². The fourth-order valence-corrected chi connectivity index (χ4v) is 1.81. The Morgan fingerprint density at radius 1 is 1.05 bits per heavy atom. The summed E-state index contributed by atoms with van der Waals surface area (Å²) in [7, 11) is 0. The maximum absolute atomic E-state index is 12.2. The van der Waals surface area contributed by atoms with E-state index in [0.29, 0.717) is 22.7 Å². The third-order valence-corrected chi connectivity index (χ3v) is 2.67. The van der Waals surface area contributed by atoms with Crippen molar-refractivity contribution < 1.29 is 17.9 Å². The topological polar surface area (TPSA) is 62.8 Å². The zero-order valence-corrected chi connectivity index (χ0v) is 10.5. The van der Waals surface area contributed by atoms with Crippen LogP contribution in [0.2, 0.25) is 0 Å². The number of fused-ring (bicyclic) bond motifs is 1. The van der Waals surface area contributed by atoms with Gasteiger partial charge in [0.1, 0.15) is 17.7 Å². The predicted octanol–water partition coefficient (Wildman–Crippen LogP) is 3.68. The molecule has 0 fully saturated rings. The van der Waals surface area contributed by atoms with Gasteiger partial charge >= 0.3 is 6.30 Å². The molecule has 0 saturated heterocycles. The molecule has 0 amide bonds. The summed E-state index contributed by atoms with van der Waals surface area (Å²) in [5.41, 5.74) is 0.555. The SMILES string of the molecule is FC(F)(F)Nc1ccc(Oc2ncnc3[nH]ccc23)cc1. The predicted molar refractivity (Wildman–Crippen MR) is 70.1 cm³/mol. The summed E-state index contributed by atoms with van der Waals surface area (Å²) < 4.78 is 42.0. The monoisotopic (exact) mass is 294 g/mol. The minimum atomic E-state index is -4.47. The molecule has 0 atom stereocenters. The van der Waals surface area contributed by atoms with Crippen LogP contribution in [0.25, 0.3) is 11.0 Å². The lowest BCUT2D eigenvalue weighted by molar-refractivity contribution is -0.0999. The van der Waals surface area contributed by atoms with E-state index in [4.69, 9.17) is 4.74 Å². The highest BCUT2D eigenvalue weighted by Crippen LogP contribution is 2.27. The van der Waals surface area contributed by atoms with E-state index in [1.807, 2.05) is 0 Å². The van der Waals surface area contributed by atoms with E-state index >= 15 is 0 Å². The summed E-state index contributed by atoms with van der Waals surface area (Å²) in [5, 5.41) is 2.10. The van der Waals surface area contributed by atoms with Crippen LogP contribution in [0.3, 0.4) is 0 Å². The molecule has 3 aromatic rings. The summed E-state index contributed by atoms with van der Waals surface area (Å²) in [6.45, 7) is 0. The third kappa shape index (κ3) is 3.04. The molecule has 21 heavy (non-hydrogen) atoms. The average Bonchev–Trinajstić information content (AvgIpc) is 2.89. The van der Waals surface area contributed by atoms with Crippen LogP contribution in [0.5, 0.6) is 11.6 Å². The molecule has 8 heteroatoms. The number of aromatic nitrogens is 3. The molecule has 2 aromatic heterocycles. The standard InChI is InChI=1S/C13H9F3N4O/c14-13(15,16)20-8-1-3-9(4-2-8)21-12-10-5-6-17-11(10)18-7-19-12/h1-7,20H,(H,17,18,19).